The minimum Gasteiger partial charge on any atom is -0.383 e. The molecule has 0 aliphatic heterocycles. The third-order valence-electron chi connectivity index (χ3n) is 3.16. The van der Waals surface area contributed by atoms with E-state index in [1.807, 2.05) is 19.2 Å². The van der Waals surface area contributed by atoms with E-state index in [0.717, 1.165) is 24.6 Å². The van der Waals surface area contributed by atoms with Crippen molar-refractivity contribution in [2.24, 2.45) is 0 Å². The van der Waals surface area contributed by atoms with Crippen LogP contribution in [0.25, 0.3) is 0 Å². The van der Waals surface area contributed by atoms with Crippen molar-refractivity contribution in [1.29, 1.82) is 0 Å². The van der Waals surface area contributed by atoms with Crippen LogP contribution < -0.4 is 5.32 Å². The van der Waals surface area contributed by atoms with Gasteiger partial charge in [-0.15, -0.1) is 0 Å². The Bertz CT molecular complexity index is 524. The van der Waals surface area contributed by atoms with Crippen LogP contribution >= 0.6 is 0 Å². The quantitative estimate of drug-likeness (QED) is 0.842. The summed E-state index contributed by atoms with van der Waals surface area (Å²) in [5.74, 6) is 0.899. The molecule has 0 saturated carbocycles. The number of aryl methyl sites for hydroxylation is 1. The SMILES string of the molecule is COCC(C)n1cc(C)nc1NCCc1cccnc1. The summed E-state index contributed by atoms with van der Waals surface area (Å²) in [6.07, 6.45) is 6.67. The van der Waals surface area contributed by atoms with E-state index >= 15 is 0 Å². The zero-order valence-electron chi connectivity index (χ0n) is 12.3. The van der Waals surface area contributed by atoms with E-state index in [9.17, 15) is 0 Å². The Morgan fingerprint density at radius 1 is 1.45 bits per heavy atom. The lowest BCUT2D eigenvalue weighted by Crippen LogP contribution is -2.15. The van der Waals surface area contributed by atoms with E-state index in [0.29, 0.717) is 6.61 Å². The maximum atomic E-state index is 5.21. The third-order valence-corrected chi connectivity index (χ3v) is 3.16. The summed E-state index contributed by atoms with van der Waals surface area (Å²) < 4.78 is 7.34. The van der Waals surface area contributed by atoms with Crippen LogP contribution in [0.5, 0.6) is 0 Å². The van der Waals surface area contributed by atoms with Crippen molar-refractivity contribution < 1.29 is 4.74 Å². The molecule has 0 aliphatic carbocycles. The van der Waals surface area contributed by atoms with Crippen molar-refractivity contribution in [3.8, 4) is 0 Å². The van der Waals surface area contributed by atoms with E-state index in [2.05, 4.69) is 39.0 Å². The molecular weight excluding hydrogens is 252 g/mol. The first-order valence-electron chi connectivity index (χ1n) is 6.88. The van der Waals surface area contributed by atoms with E-state index in [1.165, 1.54) is 5.56 Å². The Morgan fingerprint density at radius 3 is 3.00 bits per heavy atom. The standard InChI is InChI=1S/C15H22N4O/c1-12-10-19(13(2)11-20-3)15(18-12)17-8-6-14-5-4-7-16-9-14/h4-5,7,9-10,13H,6,8,11H2,1-3H3,(H,17,18). The van der Waals surface area contributed by atoms with Gasteiger partial charge in [0.15, 0.2) is 0 Å². The fraction of sp³-hybridized carbons (Fsp3) is 0.467. The predicted octanol–water partition coefficient (Wildman–Crippen LogP) is 2.45. The van der Waals surface area contributed by atoms with Gasteiger partial charge in [0, 0.05) is 32.2 Å². The highest BCUT2D eigenvalue weighted by Crippen LogP contribution is 2.16. The number of methoxy groups -OCH3 is 1. The monoisotopic (exact) mass is 274 g/mol. The van der Waals surface area contributed by atoms with Crippen LogP contribution in [0.1, 0.15) is 24.2 Å². The van der Waals surface area contributed by atoms with Crippen molar-refractivity contribution in [2.45, 2.75) is 26.3 Å². The van der Waals surface area contributed by atoms with Gasteiger partial charge in [0.2, 0.25) is 5.95 Å². The lowest BCUT2D eigenvalue weighted by Gasteiger charge is -2.16. The Kier molecular flexibility index (Phi) is 5.12. The molecular formula is C15H22N4O. The largest absolute Gasteiger partial charge is 0.383 e. The molecule has 0 amide bonds. The van der Waals surface area contributed by atoms with Gasteiger partial charge in [-0.3, -0.25) is 4.98 Å². The van der Waals surface area contributed by atoms with Crippen molar-refractivity contribution in [3.05, 3.63) is 42.0 Å². The van der Waals surface area contributed by atoms with Crippen LogP contribution in [0.4, 0.5) is 5.95 Å². The molecule has 0 fully saturated rings. The lowest BCUT2D eigenvalue weighted by molar-refractivity contribution is 0.163. The number of imidazole rings is 1. The molecule has 0 aromatic carbocycles. The normalized spacial score (nSPS) is 12.3. The third kappa shape index (κ3) is 3.81. The Labute approximate surface area is 120 Å². The highest BCUT2D eigenvalue weighted by molar-refractivity contribution is 5.30. The van der Waals surface area contributed by atoms with Crippen molar-refractivity contribution in [2.75, 3.05) is 25.6 Å². The topological polar surface area (TPSA) is 52.0 Å². The average molecular weight is 274 g/mol. The summed E-state index contributed by atoms with van der Waals surface area (Å²) in [6, 6.07) is 4.31. The van der Waals surface area contributed by atoms with Gasteiger partial charge in [-0.05, 0) is 31.9 Å². The molecule has 1 N–H and O–H groups in total. The lowest BCUT2D eigenvalue weighted by atomic mass is 10.2. The number of nitrogens with zero attached hydrogens (tertiary/aromatic N) is 3. The molecule has 108 valence electrons. The summed E-state index contributed by atoms with van der Waals surface area (Å²) in [4.78, 5) is 8.65. The maximum Gasteiger partial charge on any atom is 0.203 e. The Morgan fingerprint density at radius 2 is 2.30 bits per heavy atom. The van der Waals surface area contributed by atoms with Crippen LogP contribution in [0, 0.1) is 6.92 Å². The summed E-state index contributed by atoms with van der Waals surface area (Å²) >= 11 is 0. The number of pyridine rings is 1. The Hall–Kier alpha value is -1.88. The summed E-state index contributed by atoms with van der Waals surface area (Å²) in [7, 11) is 1.72. The van der Waals surface area contributed by atoms with Gasteiger partial charge in [-0.1, -0.05) is 6.07 Å². The van der Waals surface area contributed by atoms with E-state index in [-0.39, 0.29) is 6.04 Å². The number of hydrogen-bond acceptors (Lipinski definition) is 4. The fourth-order valence-electron chi connectivity index (χ4n) is 2.17. The second-order valence-corrected chi connectivity index (χ2v) is 4.96. The van der Waals surface area contributed by atoms with E-state index in [4.69, 9.17) is 4.74 Å². The molecule has 0 radical (unpaired) electrons. The number of nitrogens with one attached hydrogen (secondary N) is 1. The molecule has 2 aromatic heterocycles. The van der Waals surface area contributed by atoms with Crippen LogP contribution in [-0.2, 0) is 11.2 Å². The van der Waals surface area contributed by atoms with Crippen LogP contribution in [0.3, 0.4) is 0 Å². The summed E-state index contributed by atoms with van der Waals surface area (Å²) in [6.45, 7) is 5.63. The minimum atomic E-state index is 0.266. The van der Waals surface area contributed by atoms with Gasteiger partial charge in [0.1, 0.15) is 0 Å². The molecule has 0 aliphatic rings. The molecule has 1 unspecified atom stereocenters. The van der Waals surface area contributed by atoms with Gasteiger partial charge in [-0.25, -0.2) is 4.98 Å². The second-order valence-electron chi connectivity index (χ2n) is 4.96. The van der Waals surface area contributed by atoms with Crippen molar-refractivity contribution in [1.82, 2.24) is 14.5 Å². The first-order valence-corrected chi connectivity index (χ1v) is 6.88. The number of ether oxygens (including phenoxy) is 1. The molecule has 20 heavy (non-hydrogen) atoms. The molecule has 5 nitrogen and oxygen atoms in total. The molecule has 2 heterocycles. The highest BCUT2D eigenvalue weighted by atomic mass is 16.5. The minimum absolute atomic E-state index is 0.266. The maximum absolute atomic E-state index is 5.21. The molecule has 0 saturated heterocycles. The van der Waals surface area contributed by atoms with Gasteiger partial charge >= 0.3 is 0 Å². The molecule has 2 rings (SSSR count). The van der Waals surface area contributed by atoms with Crippen molar-refractivity contribution in [3.63, 3.8) is 0 Å². The zero-order chi connectivity index (χ0) is 14.4. The van der Waals surface area contributed by atoms with Gasteiger partial charge < -0.3 is 14.6 Å². The second kappa shape index (κ2) is 7.05. The van der Waals surface area contributed by atoms with Crippen LogP contribution in [0.15, 0.2) is 30.7 Å². The summed E-state index contributed by atoms with van der Waals surface area (Å²) in [5, 5.41) is 3.39. The number of anilines is 1. The molecule has 5 heteroatoms. The number of aromatic nitrogens is 3. The number of rotatable bonds is 7. The molecule has 0 bridgehead atoms. The van der Waals surface area contributed by atoms with Crippen LogP contribution in [-0.4, -0.2) is 34.8 Å². The summed E-state index contributed by atoms with van der Waals surface area (Å²) in [5.41, 5.74) is 2.23. The average Bonchev–Trinajstić information content (AvgIpc) is 2.81. The van der Waals surface area contributed by atoms with E-state index < -0.39 is 0 Å². The van der Waals surface area contributed by atoms with Crippen molar-refractivity contribution >= 4 is 5.95 Å². The van der Waals surface area contributed by atoms with Gasteiger partial charge in [0.05, 0.1) is 18.3 Å². The van der Waals surface area contributed by atoms with Crippen LogP contribution in [0.2, 0.25) is 0 Å². The predicted molar refractivity (Wildman–Crippen MR) is 80.0 cm³/mol. The number of hydrogen-bond donors (Lipinski definition) is 1. The van der Waals surface area contributed by atoms with E-state index in [1.54, 1.807) is 13.3 Å². The van der Waals surface area contributed by atoms with Gasteiger partial charge in [0.25, 0.3) is 0 Å². The molecule has 1 atom stereocenters. The first-order chi connectivity index (χ1) is 9.70. The highest BCUT2D eigenvalue weighted by Gasteiger charge is 2.11. The first kappa shape index (κ1) is 14.5. The molecule has 0 spiro atoms. The molecule has 2 aromatic rings. The van der Waals surface area contributed by atoms with Gasteiger partial charge in [-0.2, -0.15) is 0 Å². The zero-order valence-corrected chi connectivity index (χ0v) is 12.3. The fourth-order valence-corrected chi connectivity index (χ4v) is 2.17. The smallest absolute Gasteiger partial charge is 0.203 e. The Balaban J connectivity index is 1.95.